The molecule has 0 radical (unpaired) electrons. The van der Waals surface area contributed by atoms with E-state index < -0.39 is 11.9 Å². The highest BCUT2D eigenvalue weighted by Crippen LogP contribution is 2.35. The summed E-state index contributed by atoms with van der Waals surface area (Å²) in [7, 11) is 2.18. The molecule has 1 saturated heterocycles. The Hall–Kier alpha value is -3.23. The van der Waals surface area contributed by atoms with Crippen molar-refractivity contribution < 1.29 is 19.8 Å². The van der Waals surface area contributed by atoms with Gasteiger partial charge >= 0.3 is 11.9 Å². The highest BCUT2D eigenvalue weighted by Gasteiger charge is 2.17. The van der Waals surface area contributed by atoms with Crippen LogP contribution in [-0.2, 0) is 9.59 Å². The van der Waals surface area contributed by atoms with E-state index in [4.69, 9.17) is 15.2 Å². The van der Waals surface area contributed by atoms with Gasteiger partial charge < -0.3 is 20.0 Å². The van der Waals surface area contributed by atoms with E-state index in [1.807, 2.05) is 11.3 Å². The van der Waals surface area contributed by atoms with E-state index in [1.54, 1.807) is 0 Å². The molecule has 1 aliphatic rings. The number of carboxylic acids is 2. The second-order valence-corrected chi connectivity index (χ2v) is 8.21. The lowest BCUT2D eigenvalue weighted by atomic mass is 10.0. The molecule has 0 unspecified atom stereocenters. The molecule has 31 heavy (non-hydrogen) atoms. The van der Waals surface area contributed by atoms with Crippen LogP contribution in [0.25, 0.3) is 21.2 Å². The highest BCUT2D eigenvalue weighted by molar-refractivity contribution is 7.17. The first-order chi connectivity index (χ1) is 14.8. The highest BCUT2D eigenvalue weighted by atomic mass is 32.1. The fraction of sp³-hybridized carbons (Fsp3) is 0.261. The number of likely N-dealkylation sites (N-methyl/N-ethyl adjacent to an activating group) is 1. The number of aromatic nitrogens is 1. The Morgan fingerprint density at radius 1 is 1.03 bits per heavy atom. The van der Waals surface area contributed by atoms with Crippen LogP contribution in [0.5, 0.6) is 0 Å². The number of anilines is 1. The molecule has 0 saturated carbocycles. The zero-order chi connectivity index (χ0) is 22.4. The molecule has 0 atom stereocenters. The average molecular weight is 440 g/mol. The average Bonchev–Trinajstić information content (AvgIpc) is 3.17. The van der Waals surface area contributed by atoms with Crippen LogP contribution in [0.4, 0.5) is 5.82 Å². The first-order valence-electron chi connectivity index (χ1n) is 9.86. The van der Waals surface area contributed by atoms with Gasteiger partial charge in [-0.15, -0.1) is 11.3 Å². The van der Waals surface area contributed by atoms with Crippen LogP contribution in [0.3, 0.4) is 0 Å². The summed E-state index contributed by atoms with van der Waals surface area (Å²) in [5.74, 6) is -1.40. The molecule has 2 aromatic heterocycles. The predicted molar refractivity (Wildman–Crippen MR) is 124 cm³/mol. The number of aliphatic carboxylic acids is 2. The lowest BCUT2D eigenvalue weighted by Gasteiger charge is -2.33. The number of piperazine rings is 1. The van der Waals surface area contributed by atoms with Gasteiger partial charge in [-0.05, 0) is 43.1 Å². The Kier molecular flexibility index (Phi) is 7.38. The van der Waals surface area contributed by atoms with Crippen LogP contribution < -0.4 is 4.90 Å². The van der Waals surface area contributed by atoms with Crippen LogP contribution in [0.15, 0.2) is 53.9 Å². The van der Waals surface area contributed by atoms with Gasteiger partial charge in [-0.1, -0.05) is 18.2 Å². The molecule has 7 nitrogen and oxygen atoms in total. The van der Waals surface area contributed by atoms with Crippen molar-refractivity contribution in [2.75, 3.05) is 38.1 Å². The molecule has 3 heterocycles. The van der Waals surface area contributed by atoms with Gasteiger partial charge in [0.2, 0.25) is 0 Å². The number of carboxylic acid groups (broad SMARTS) is 2. The van der Waals surface area contributed by atoms with E-state index in [9.17, 15) is 9.59 Å². The Labute approximate surface area is 184 Å². The Balaban J connectivity index is 0.000000293. The second-order valence-electron chi connectivity index (χ2n) is 7.30. The van der Waals surface area contributed by atoms with Gasteiger partial charge in [-0.3, -0.25) is 0 Å². The van der Waals surface area contributed by atoms with Crippen molar-refractivity contribution in [2.45, 2.75) is 6.92 Å². The predicted octanol–water partition coefficient (Wildman–Crippen LogP) is 3.74. The molecule has 0 spiro atoms. The molecule has 0 amide bonds. The van der Waals surface area contributed by atoms with Gasteiger partial charge in [0.25, 0.3) is 0 Å². The van der Waals surface area contributed by atoms with Crippen molar-refractivity contribution in [1.29, 1.82) is 0 Å². The van der Waals surface area contributed by atoms with Crippen LogP contribution in [0, 0.1) is 6.92 Å². The molecule has 0 bridgehead atoms. The van der Waals surface area contributed by atoms with Crippen LogP contribution in [0.1, 0.15) is 5.69 Å². The molecule has 1 aromatic carbocycles. The molecule has 1 aliphatic heterocycles. The number of nitrogens with zero attached hydrogens (tertiary/aromatic N) is 3. The second kappa shape index (κ2) is 10.2. The van der Waals surface area contributed by atoms with Crippen molar-refractivity contribution >= 4 is 39.2 Å². The van der Waals surface area contributed by atoms with Gasteiger partial charge in [-0.25, -0.2) is 14.6 Å². The molecule has 4 rings (SSSR count). The van der Waals surface area contributed by atoms with Crippen LogP contribution in [0.2, 0.25) is 0 Å². The number of hydrogen-bond donors (Lipinski definition) is 2. The molecule has 162 valence electrons. The summed E-state index contributed by atoms with van der Waals surface area (Å²) in [5.41, 5.74) is 3.70. The smallest absolute Gasteiger partial charge is 0.328 e. The quantitative estimate of drug-likeness (QED) is 0.598. The van der Waals surface area contributed by atoms with Crippen molar-refractivity contribution in [1.82, 2.24) is 9.88 Å². The lowest BCUT2D eigenvalue weighted by molar-refractivity contribution is -0.134. The number of thiophene rings is 1. The SMILES string of the molecule is Cc1cc(-c2csc3ccccc23)cc(N2CCN(C)CC2)n1.O=C(O)/C=C/C(=O)O. The number of carbonyl (C=O) groups is 2. The van der Waals surface area contributed by atoms with Gasteiger partial charge in [0, 0.05) is 59.7 Å². The first-order valence-corrected chi connectivity index (χ1v) is 10.7. The molecule has 1 fully saturated rings. The van der Waals surface area contributed by atoms with Gasteiger partial charge in [0.05, 0.1) is 0 Å². The summed E-state index contributed by atoms with van der Waals surface area (Å²) in [6.07, 6.45) is 1.12. The van der Waals surface area contributed by atoms with Crippen LogP contribution in [-0.4, -0.2) is 65.3 Å². The number of rotatable bonds is 4. The minimum Gasteiger partial charge on any atom is -0.478 e. The third kappa shape index (κ3) is 6.13. The standard InChI is InChI=1S/C19H21N3S.C4H4O4/c1-14-11-15(17-13-23-18-6-4-3-5-16(17)18)12-19(20-14)22-9-7-21(2)8-10-22;5-3(6)1-2-4(7)8/h3-6,11-13H,7-10H2,1-2H3;1-2H,(H,5,6)(H,7,8)/b;2-1+. The molecule has 8 heteroatoms. The van der Waals surface area contributed by atoms with Crippen LogP contribution >= 0.6 is 11.3 Å². The fourth-order valence-electron chi connectivity index (χ4n) is 3.35. The Morgan fingerprint density at radius 2 is 1.68 bits per heavy atom. The Morgan fingerprint density at radius 3 is 2.32 bits per heavy atom. The molecular weight excluding hydrogens is 414 g/mol. The minimum absolute atomic E-state index is 0.558. The minimum atomic E-state index is -1.26. The number of aryl methyl sites for hydroxylation is 1. The zero-order valence-electron chi connectivity index (χ0n) is 17.5. The number of pyridine rings is 1. The summed E-state index contributed by atoms with van der Waals surface area (Å²) in [6, 6.07) is 13.1. The molecule has 3 aromatic rings. The maximum absolute atomic E-state index is 9.55. The summed E-state index contributed by atoms with van der Waals surface area (Å²) >= 11 is 1.82. The third-order valence-corrected chi connectivity index (χ3v) is 5.89. The molecule has 2 N–H and O–H groups in total. The maximum Gasteiger partial charge on any atom is 0.328 e. The molecule has 0 aliphatic carbocycles. The monoisotopic (exact) mass is 439 g/mol. The van der Waals surface area contributed by atoms with E-state index in [0.717, 1.165) is 37.7 Å². The van der Waals surface area contributed by atoms with Gasteiger partial charge in [-0.2, -0.15) is 0 Å². The normalized spacial score (nSPS) is 14.5. The van der Waals surface area contributed by atoms with E-state index in [2.05, 4.69) is 65.5 Å². The first kappa shape index (κ1) is 22.5. The topological polar surface area (TPSA) is 94.0 Å². The fourth-order valence-corrected chi connectivity index (χ4v) is 4.32. The summed E-state index contributed by atoms with van der Waals surface area (Å²) in [5, 5.41) is 19.2. The number of fused-ring (bicyclic) bond motifs is 1. The van der Waals surface area contributed by atoms with Gasteiger partial charge in [0.15, 0.2) is 0 Å². The van der Waals surface area contributed by atoms with Crippen molar-refractivity contribution in [3.63, 3.8) is 0 Å². The largest absolute Gasteiger partial charge is 0.478 e. The van der Waals surface area contributed by atoms with E-state index in [0.29, 0.717) is 12.2 Å². The summed E-state index contributed by atoms with van der Waals surface area (Å²) < 4.78 is 1.35. The van der Waals surface area contributed by atoms with Crippen molar-refractivity contribution in [3.05, 3.63) is 59.6 Å². The van der Waals surface area contributed by atoms with Crippen molar-refractivity contribution in [2.24, 2.45) is 0 Å². The number of benzene rings is 1. The Bertz CT molecular complexity index is 1090. The maximum atomic E-state index is 9.55. The van der Waals surface area contributed by atoms with E-state index in [-0.39, 0.29) is 0 Å². The van der Waals surface area contributed by atoms with E-state index >= 15 is 0 Å². The molecular formula is C23H25N3O4S. The number of hydrogen-bond acceptors (Lipinski definition) is 6. The van der Waals surface area contributed by atoms with Gasteiger partial charge in [0.1, 0.15) is 5.82 Å². The van der Waals surface area contributed by atoms with Crippen molar-refractivity contribution in [3.8, 4) is 11.1 Å². The third-order valence-electron chi connectivity index (χ3n) is 4.93. The lowest BCUT2D eigenvalue weighted by Crippen LogP contribution is -2.44. The summed E-state index contributed by atoms with van der Waals surface area (Å²) in [4.78, 5) is 28.7. The summed E-state index contributed by atoms with van der Waals surface area (Å²) in [6.45, 7) is 6.41. The zero-order valence-corrected chi connectivity index (χ0v) is 18.3. The van der Waals surface area contributed by atoms with E-state index in [1.165, 1.54) is 21.2 Å².